The number of nitrogens with two attached hydrogens (primary N) is 1. The molecular weight excluding hydrogens is 294 g/mol. The van der Waals surface area contributed by atoms with Gasteiger partial charge in [-0.1, -0.05) is 49.4 Å². The number of rotatable bonds is 3. The third-order valence-electron chi connectivity index (χ3n) is 4.72. The Bertz CT molecular complexity index is 1030. The van der Waals surface area contributed by atoms with E-state index >= 15 is 0 Å². The van der Waals surface area contributed by atoms with Gasteiger partial charge in [-0.05, 0) is 35.9 Å². The number of aromatic nitrogens is 2. The van der Waals surface area contributed by atoms with E-state index in [0.717, 1.165) is 16.9 Å². The van der Waals surface area contributed by atoms with Crippen molar-refractivity contribution in [2.75, 3.05) is 6.54 Å². The molecule has 1 unspecified atom stereocenters. The molecule has 24 heavy (non-hydrogen) atoms. The third-order valence-corrected chi connectivity index (χ3v) is 4.72. The predicted molar refractivity (Wildman–Crippen MR) is 100 cm³/mol. The van der Waals surface area contributed by atoms with Crippen molar-refractivity contribution in [1.82, 2.24) is 9.38 Å². The Morgan fingerprint density at radius 1 is 1.00 bits per heavy atom. The molecule has 0 spiro atoms. The van der Waals surface area contributed by atoms with Crippen LogP contribution in [-0.4, -0.2) is 15.9 Å². The average molecular weight is 315 g/mol. The lowest BCUT2D eigenvalue weighted by Gasteiger charge is -2.13. The number of benzene rings is 2. The molecule has 4 rings (SSSR count). The van der Waals surface area contributed by atoms with Gasteiger partial charge in [0.25, 0.3) is 0 Å². The lowest BCUT2D eigenvalue weighted by molar-refractivity contribution is 0.733. The molecule has 4 aromatic rings. The fourth-order valence-electron chi connectivity index (χ4n) is 3.40. The average Bonchev–Trinajstić information content (AvgIpc) is 3.01. The van der Waals surface area contributed by atoms with Gasteiger partial charge in [-0.2, -0.15) is 0 Å². The van der Waals surface area contributed by atoms with E-state index in [1.165, 1.54) is 22.2 Å². The van der Waals surface area contributed by atoms with Gasteiger partial charge >= 0.3 is 0 Å². The Labute approximate surface area is 141 Å². The summed E-state index contributed by atoms with van der Waals surface area (Å²) in [7, 11) is 0. The highest BCUT2D eigenvalue weighted by atomic mass is 15.0. The smallest absolute Gasteiger partial charge is 0.137 e. The van der Waals surface area contributed by atoms with E-state index in [9.17, 15) is 0 Å². The van der Waals surface area contributed by atoms with Gasteiger partial charge in [0.15, 0.2) is 0 Å². The second kappa shape index (κ2) is 5.77. The molecule has 0 amide bonds. The van der Waals surface area contributed by atoms with Crippen LogP contribution in [0.25, 0.3) is 27.7 Å². The van der Waals surface area contributed by atoms with Crippen LogP contribution >= 0.6 is 0 Å². The van der Waals surface area contributed by atoms with Gasteiger partial charge in [-0.25, -0.2) is 4.98 Å². The molecule has 0 radical (unpaired) electrons. The number of hydrogen-bond acceptors (Lipinski definition) is 2. The van der Waals surface area contributed by atoms with E-state index < -0.39 is 0 Å². The fourth-order valence-corrected chi connectivity index (χ4v) is 3.40. The van der Waals surface area contributed by atoms with E-state index in [4.69, 9.17) is 10.7 Å². The zero-order valence-electron chi connectivity index (χ0n) is 14.0. The van der Waals surface area contributed by atoms with Crippen LogP contribution in [0, 0.1) is 6.92 Å². The first kappa shape index (κ1) is 14.9. The lowest BCUT2D eigenvalue weighted by Crippen LogP contribution is -2.12. The number of imidazole rings is 1. The van der Waals surface area contributed by atoms with Gasteiger partial charge in [0.1, 0.15) is 5.65 Å². The molecule has 0 fully saturated rings. The number of nitrogens with zero attached hydrogens (tertiary/aromatic N) is 2. The zero-order valence-corrected chi connectivity index (χ0v) is 14.0. The Hall–Kier alpha value is -2.65. The molecule has 0 saturated carbocycles. The van der Waals surface area contributed by atoms with Crippen molar-refractivity contribution in [1.29, 1.82) is 0 Å². The van der Waals surface area contributed by atoms with Crippen LogP contribution in [0.3, 0.4) is 0 Å². The first-order chi connectivity index (χ1) is 11.7. The SMILES string of the molecule is Cc1cccc2nc(-c3ccc4ccccc4c3)c(C(C)CN)n12. The normalized spacial score (nSPS) is 12.8. The van der Waals surface area contributed by atoms with Crippen LogP contribution in [0.15, 0.2) is 60.7 Å². The van der Waals surface area contributed by atoms with Gasteiger partial charge in [-0.3, -0.25) is 0 Å². The summed E-state index contributed by atoms with van der Waals surface area (Å²) < 4.78 is 2.24. The van der Waals surface area contributed by atoms with E-state index in [1.807, 2.05) is 0 Å². The maximum Gasteiger partial charge on any atom is 0.137 e. The lowest BCUT2D eigenvalue weighted by atomic mass is 9.99. The molecule has 120 valence electrons. The topological polar surface area (TPSA) is 43.3 Å². The molecule has 0 aliphatic rings. The Kier molecular flexibility index (Phi) is 3.58. The van der Waals surface area contributed by atoms with Crippen molar-refractivity contribution in [3.05, 3.63) is 72.1 Å². The summed E-state index contributed by atoms with van der Waals surface area (Å²) in [6, 6.07) is 21.2. The van der Waals surface area contributed by atoms with Crippen molar-refractivity contribution in [2.45, 2.75) is 19.8 Å². The van der Waals surface area contributed by atoms with Gasteiger partial charge in [-0.15, -0.1) is 0 Å². The van der Waals surface area contributed by atoms with E-state index in [2.05, 4.69) is 78.9 Å². The maximum atomic E-state index is 6.00. The highest BCUT2D eigenvalue weighted by molar-refractivity contribution is 5.87. The Morgan fingerprint density at radius 2 is 1.79 bits per heavy atom. The molecule has 2 aromatic carbocycles. The molecule has 3 heteroatoms. The van der Waals surface area contributed by atoms with Crippen molar-refractivity contribution in [3.8, 4) is 11.3 Å². The fraction of sp³-hybridized carbons (Fsp3) is 0.190. The van der Waals surface area contributed by atoms with Crippen molar-refractivity contribution < 1.29 is 0 Å². The van der Waals surface area contributed by atoms with Gasteiger partial charge < -0.3 is 10.1 Å². The minimum absolute atomic E-state index is 0.238. The summed E-state index contributed by atoms with van der Waals surface area (Å²) in [5.74, 6) is 0.238. The van der Waals surface area contributed by atoms with Crippen LogP contribution in [0.4, 0.5) is 0 Å². The van der Waals surface area contributed by atoms with E-state index in [-0.39, 0.29) is 5.92 Å². The highest BCUT2D eigenvalue weighted by Gasteiger charge is 2.19. The first-order valence-electron chi connectivity index (χ1n) is 8.36. The molecule has 2 aromatic heterocycles. The molecule has 0 bridgehead atoms. The molecule has 0 saturated heterocycles. The standard InChI is InChI=1S/C21H21N3/c1-14(13-22)21-20(23-19-9-5-6-15(2)24(19)21)18-11-10-16-7-3-4-8-17(16)12-18/h3-12,14H,13,22H2,1-2H3. The molecule has 0 aliphatic heterocycles. The van der Waals surface area contributed by atoms with Gasteiger partial charge in [0, 0.05) is 23.7 Å². The van der Waals surface area contributed by atoms with E-state index in [1.54, 1.807) is 0 Å². The number of fused-ring (bicyclic) bond motifs is 2. The maximum absolute atomic E-state index is 6.00. The second-order valence-electron chi connectivity index (χ2n) is 6.41. The van der Waals surface area contributed by atoms with Crippen LogP contribution in [0.1, 0.15) is 24.2 Å². The summed E-state index contributed by atoms with van der Waals surface area (Å²) >= 11 is 0. The molecule has 0 aliphatic carbocycles. The largest absolute Gasteiger partial charge is 0.330 e. The Balaban J connectivity index is 2.02. The van der Waals surface area contributed by atoms with Crippen LogP contribution in [-0.2, 0) is 0 Å². The van der Waals surface area contributed by atoms with Gasteiger partial charge in [0.2, 0.25) is 0 Å². The summed E-state index contributed by atoms with van der Waals surface area (Å²) in [5.41, 5.74) is 11.5. The number of pyridine rings is 1. The van der Waals surface area contributed by atoms with Gasteiger partial charge in [0.05, 0.1) is 11.4 Å². The van der Waals surface area contributed by atoms with Crippen LogP contribution in [0.2, 0.25) is 0 Å². The molecule has 1 atom stereocenters. The van der Waals surface area contributed by atoms with E-state index in [0.29, 0.717) is 6.54 Å². The zero-order chi connectivity index (χ0) is 16.7. The number of aryl methyl sites for hydroxylation is 1. The predicted octanol–water partition coefficient (Wildman–Crippen LogP) is 4.53. The van der Waals surface area contributed by atoms with Crippen molar-refractivity contribution >= 4 is 16.4 Å². The van der Waals surface area contributed by atoms with Crippen LogP contribution in [0.5, 0.6) is 0 Å². The molecule has 3 nitrogen and oxygen atoms in total. The van der Waals surface area contributed by atoms with Crippen molar-refractivity contribution in [2.24, 2.45) is 5.73 Å². The third kappa shape index (κ3) is 2.29. The first-order valence-corrected chi connectivity index (χ1v) is 8.36. The second-order valence-corrected chi connectivity index (χ2v) is 6.41. The minimum Gasteiger partial charge on any atom is -0.330 e. The minimum atomic E-state index is 0.238. The molecule has 2 N–H and O–H groups in total. The summed E-state index contributed by atoms with van der Waals surface area (Å²) in [6.07, 6.45) is 0. The number of hydrogen-bond donors (Lipinski definition) is 1. The highest BCUT2D eigenvalue weighted by Crippen LogP contribution is 2.32. The summed E-state index contributed by atoms with van der Waals surface area (Å²) in [6.45, 7) is 4.88. The molecular formula is C21H21N3. The summed E-state index contributed by atoms with van der Waals surface area (Å²) in [4.78, 5) is 4.93. The molecule has 2 heterocycles. The quantitative estimate of drug-likeness (QED) is 0.604. The van der Waals surface area contributed by atoms with Crippen molar-refractivity contribution in [3.63, 3.8) is 0 Å². The monoisotopic (exact) mass is 315 g/mol. The Morgan fingerprint density at radius 3 is 2.58 bits per heavy atom. The summed E-state index contributed by atoms with van der Waals surface area (Å²) in [5, 5.41) is 2.48. The van der Waals surface area contributed by atoms with Crippen LogP contribution < -0.4 is 5.73 Å².